The third-order valence-electron chi connectivity index (χ3n) is 2.75. The third kappa shape index (κ3) is 2.46. The second-order valence-corrected chi connectivity index (χ2v) is 4.19. The lowest BCUT2D eigenvalue weighted by Gasteiger charge is -2.04. The quantitative estimate of drug-likeness (QED) is 0.490. The number of rotatable bonds is 3. The lowest BCUT2D eigenvalue weighted by molar-refractivity contribution is 0.103. The zero-order valence-electron chi connectivity index (χ0n) is 10.1. The maximum atomic E-state index is 12.2. The first-order valence-corrected chi connectivity index (χ1v) is 5.64. The van der Waals surface area contributed by atoms with Gasteiger partial charge in [-0.25, -0.2) is 0 Å². The van der Waals surface area contributed by atoms with Crippen molar-refractivity contribution >= 4 is 11.6 Å². The molecular weight excluding hydrogens is 224 g/mol. The number of ketones is 1. The number of carbonyl (C=O) groups is 1. The van der Waals surface area contributed by atoms with E-state index >= 15 is 0 Å². The van der Waals surface area contributed by atoms with Gasteiger partial charge in [-0.15, -0.1) is 0 Å². The van der Waals surface area contributed by atoms with Gasteiger partial charge in [0.15, 0.2) is 5.78 Å². The number of hydrogen-bond acceptors (Lipinski definition) is 2. The van der Waals surface area contributed by atoms with Crippen LogP contribution in [0.15, 0.2) is 48.5 Å². The molecule has 0 saturated heterocycles. The van der Waals surface area contributed by atoms with Crippen molar-refractivity contribution in [3.63, 3.8) is 0 Å². The Morgan fingerprint density at radius 2 is 1.61 bits per heavy atom. The number of hydrogen-bond donors (Lipinski definition) is 2. The summed E-state index contributed by atoms with van der Waals surface area (Å²) >= 11 is 0. The largest absolute Gasteiger partial charge is 0.384 e. The van der Waals surface area contributed by atoms with E-state index in [2.05, 4.69) is 0 Å². The van der Waals surface area contributed by atoms with Gasteiger partial charge in [0.25, 0.3) is 0 Å². The van der Waals surface area contributed by atoms with E-state index in [0.717, 1.165) is 5.56 Å². The molecule has 0 radical (unpaired) electrons. The molecule has 2 aromatic rings. The number of nitrogens with two attached hydrogens (primary N) is 1. The summed E-state index contributed by atoms with van der Waals surface area (Å²) in [5.74, 6) is -0.0911. The van der Waals surface area contributed by atoms with Crippen LogP contribution in [0, 0.1) is 12.3 Å². The van der Waals surface area contributed by atoms with Gasteiger partial charge in [0.2, 0.25) is 0 Å². The summed E-state index contributed by atoms with van der Waals surface area (Å²) in [6.07, 6.45) is 0. The Morgan fingerprint density at radius 3 is 2.22 bits per heavy atom. The van der Waals surface area contributed by atoms with Gasteiger partial charge in [0.05, 0.1) is 0 Å². The van der Waals surface area contributed by atoms with Crippen LogP contribution >= 0.6 is 0 Å². The van der Waals surface area contributed by atoms with Gasteiger partial charge >= 0.3 is 0 Å². The van der Waals surface area contributed by atoms with Gasteiger partial charge in [-0.3, -0.25) is 10.2 Å². The van der Waals surface area contributed by atoms with E-state index in [1.54, 1.807) is 36.4 Å². The minimum atomic E-state index is -0.0573. The van der Waals surface area contributed by atoms with E-state index < -0.39 is 0 Å². The van der Waals surface area contributed by atoms with Crippen LogP contribution in [0.4, 0.5) is 0 Å². The van der Waals surface area contributed by atoms with Crippen molar-refractivity contribution in [2.24, 2.45) is 5.73 Å². The van der Waals surface area contributed by atoms with Gasteiger partial charge in [-0.2, -0.15) is 0 Å². The molecule has 0 atom stereocenters. The zero-order valence-corrected chi connectivity index (χ0v) is 10.1. The highest BCUT2D eigenvalue weighted by Gasteiger charge is 2.09. The van der Waals surface area contributed by atoms with E-state index in [0.29, 0.717) is 16.7 Å². The predicted octanol–water partition coefficient (Wildman–Crippen LogP) is 2.51. The lowest BCUT2D eigenvalue weighted by atomic mass is 10.0. The smallest absolute Gasteiger partial charge is 0.193 e. The zero-order chi connectivity index (χ0) is 13.1. The minimum absolute atomic E-state index is 0.0337. The molecule has 0 aliphatic rings. The Kier molecular flexibility index (Phi) is 3.24. The van der Waals surface area contributed by atoms with Crippen LogP contribution in [-0.2, 0) is 0 Å². The van der Waals surface area contributed by atoms with Crippen LogP contribution < -0.4 is 5.73 Å². The molecule has 0 aliphatic heterocycles. The number of aryl methyl sites for hydroxylation is 1. The SMILES string of the molecule is Cc1ccc(C(=O)c2cccc(C(=N)N)c2)cc1. The van der Waals surface area contributed by atoms with Crippen molar-refractivity contribution in [3.8, 4) is 0 Å². The second-order valence-electron chi connectivity index (χ2n) is 4.19. The molecule has 0 aromatic heterocycles. The molecule has 0 amide bonds. The molecule has 3 nitrogen and oxygen atoms in total. The lowest BCUT2D eigenvalue weighted by Crippen LogP contribution is -2.12. The molecule has 0 saturated carbocycles. The van der Waals surface area contributed by atoms with Gasteiger partial charge in [-0.05, 0) is 13.0 Å². The Balaban J connectivity index is 2.37. The van der Waals surface area contributed by atoms with E-state index in [4.69, 9.17) is 11.1 Å². The number of nitrogens with one attached hydrogen (secondary N) is 1. The summed E-state index contributed by atoms with van der Waals surface area (Å²) in [6.45, 7) is 1.98. The van der Waals surface area contributed by atoms with Crippen LogP contribution in [0.25, 0.3) is 0 Å². The van der Waals surface area contributed by atoms with Crippen molar-refractivity contribution in [2.45, 2.75) is 6.92 Å². The standard InChI is InChI=1S/C15H14N2O/c1-10-5-7-11(8-6-10)14(18)12-3-2-4-13(9-12)15(16)17/h2-9H,1H3,(H3,16,17). The summed E-state index contributed by atoms with van der Waals surface area (Å²) in [5.41, 5.74) is 8.28. The van der Waals surface area contributed by atoms with Crippen molar-refractivity contribution in [2.75, 3.05) is 0 Å². The van der Waals surface area contributed by atoms with Crippen LogP contribution in [0.2, 0.25) is 0 Å². The molecule has 0 unspecified atom stereocenters. The fraction of sp³-hybridized carbons (Fsp3) is 0.0667. The average Bonchev–Trinajstić information content (AvgIpc) is 2.39. The highest BCUT2D eigenvalue weighted by molar-refractivity contribution is 6.10. The van der Waals surface area contributed by atoms with Crippen molar-refractivity contribution < 1.29 is 4.79 Å². The molecular formula is C15H14N2O. The van der Waals surface area contributed by atoms with Crippen LogP contribution in [0.3, 0.4) is 0 Å². The summed E-state index contributed by atoms with van der Waals surface area (Å²) in [4.78, 5) is 12.2. The van der Waals surface area contributed by atoms with E-state index in [1.807, 2.05) is 19.1 Å². The first kappa shape index (κ1) is 12.0. The molecule has 2 aromatic carbocycles. The molecule has 0 bridgehead atoms. The molecule has 0 spiro atoms. The molecule has 3 N–H and O–H groups in total. The number of nitrogen functional groups attached to an aromatic ring is 1. The second kappa shape index (κ2) is 4.84. The molecule has 18 heavy (non-hydrogen) atoms. The summed E-state index contributed by atoms with van der Waals surface area (Å²) in [5, 5.41) is 7.37. The monoisotopic (exact) mass is 238 g/mol. The maximum absolute atomic E-state index is 12.2. The van der Waals surface area contributed by atoms with Crippen LogP contribution in [0.1, 0.15) is 27.0 Å². The minimum Gasteiger partial charge on any atom is -0.384 e. The number of carbonyl (C=O) groups excluding carboxylic acids is 1. The first-order chi connectivity index (χ1) is 8.58. The molecule has 0 aliphatic carbocycles. The Morgan fingerprint density at radius 1 is 1.00 bits per heavy atom. The molecule has 3 heteroatoms. The normalized spacial score (nSPS) is 10.1. The van der Waals surface area contributed by atoms with Gasteiger partial charge in [0.1, 0.15) is 5.84 Å². The molecule has 90 valence electrons. The van der Waals surface area contributed by atoms with Gasteiger partial charge < -0.3 is 5.73 Å². The summed E-state index contributed by atoms with van der Waals surface area (Å²) in [6, 6.07) is 14.2. The predicted molar refractivity (Wildman–Crippen MR) is 72.1 cm³/mol. The summed E-state index contributed by atoms with van der Waals surface area (Å²) < 4.78 is 0. The van der Waals surface area contributed by atoms with Gasteiger partial charge in [0, 0.05) is 16.7 Å². The van der Waals surface area contributed by atoms with Gasteiger partial charge in [-0.1, -0.05) is 48.0 Å². The van der Waals surface area contributed by atoms with E-state index in [1.165, 1.54) is 0 Å². The Hall–Kier alpha value is -2.42. The van der Waals surface area contributed by atoms with Crippen molar-refractivity contribution in [1.29, 1.82) is 5.41 Å². The maximum Gasteiger partial charge on any atom is 0.193 e. The molecule has 0 heterocycles. The van der Waals surface area contributed by atoms with Crippen LogP contribution in [-0.4, -0.2) is 11.6 Å². The third-order valence-corrected chi connectivity index (χ3v) is 2.75. The summed E-state index contributed by atoms with van der Waals surface area (Å²) in [7, 11) is 0. The highest BCUT2D eigenvalue weighted by Crippen LogP contribution is 2.12. The Labute approximate surface area is 106 Å². The number of amidine groups is 1. The number of benzene rings is 2. The van der Waals surface area contributed by atoms with E-state index in [-0.39, 0.29) is 11.6 Å². The molecule has 2 rings (SSSR count). The first-order valence-electron chi connectivity index (χ1n) is 5.64. The van der Waals surface area contributed by atoms with Crippen molar-refractivity contribution in [1.82, 2.24) is 0 Å². The average molecular weight is 238 g/mol. The van der Waals surface area contributed by atoms with Crippen molar-refractivity contribution in [3.05, 3.63) is 70.8 Å². The fourth-order valence-corrected chi connectivity index (χ4v) is 1.70. The highest BCUT2D eigenvalue weighted by atomic mass is 16.1. The van der Waals surface area contributed by atoms with Crippen LogP contribution in [0.5, 0.6) is 0 Å². The Bertz CT molecular complexity index is 600. The topological polar surface area (TPSA) is 66.9 Å². The molecule has 0 fully saturated rings. The fourth-order valence-electron chi connectivity index (χ4n) is 1.70. The van der Waals surface area contributed by atoms with E-state index in [9.17, 15) is 4.79 Å².